The van der Waals surface area contributed by atoms with E-state index in [9.17, 15) is 14.4 Å². The van der Waals surface area contributed by atoms with Gasteiger partial charge in [0, 0.05) is 30.4 Å². The Kier molecular flexibility index (Phi) is 5.49. The van der Waals surface area contributed by atoms with Crippen LogP contribution >= 0.6 is 0 Å². The van der Waals surface area contributed by atoms with E-state index in [4.69, 9.17) is 4.74 Å². The number of pyridine rings is 1. The van der Waals surface area contributed by atoms with Crippen LogP contribution in [0.25, 0.3) is 5.57 Å². The molecule has 144 valence electrons. The fourth-order valence-electron chi connectivity index (χ4n) is 3.78. The zero-order chi connectivity index (χ0) is 19.7. The second-order valence-electron chi connectivity index (χ2n) is 7.73. The second-order valence-corrected chi connectivity index (χ2v) is 7.73. The largest absolute Gasteiger partial charge is 0.490 e. The van der Waals surface area contributed by atoms with Gasteiger partial charge in [0.05, 0.1) is 12.2 Å². The first-order valence-corrected chi connectivity index (χ1v) is 9.70. The molecule has 0 N–H and O–H groups in total. The molecular weight excluding hydrogens is 342 g/mol. The van der Waals surface area contributed by atoms with Crippen LogP contribution in [0.5, 0.6) is 0 Å². The summed E-state index contributed by atoms with van der Waals surface area (Å²) in [4.78, 5) is 36.8. The Bertz CT molecular complexity index is 901. The van der Waals surface area contributed by atoms with Crippen molar-refractivity contribution in [2.75, 3.05) is 6.61 Å². The highest BCUT2D eigenvalue weighted by molar-refractivity contribution is 6.04. The number of unbranched alkanes of at least 4 members (excludes halogenated alkanes) is 1. The summed E-state index contributed by atoms with van der Waals surface area (Å²) >= 11 is 0. The minimum Gasteiger partial charge on any atom is -0.490 e. The first kappa shape index (κ1) is 19.3. The first-order valence-electron chi connectivity index (χ1n) is 9.70. The lowest BCUT2D eigenvalue weighted by atomic mass is 9.82. The van der Waals surface area contributed by atoms with E-state index in [0.717, 1.165) is 36.1 Å². The minimum atomic E-state index is -0.286. The number of hydrogen-bond acceptors (Lipinski definition) is 4. The van der Waals surface area contributed by atoms with Crippen LogP contribution in [-0.4, -0.2) is 22.7 Å². The summed E-state index contributed by atoms with van der Waals surface area (Å²) < 4.78 is 7.73. The average Bonchev–Trinajstić information content (AvgIpc) is 2.61. The van der Waals surface area contributed by atoms with E-state index in [1.54, 1.807) is 6.20 Å². The Balaban J connectivity index is 2.09. The molecule has 0 spiro atoms. The van der Waals surface area contributed by atoms with Gasteiger partial charge in [0.15, 0.2) is 17.0 Å². The van der Waals surface area contributed by atoms with Crippen LogP contribution in [0.2, 0.25) is 0 Å². The van der Waals surface area contributed by atoms with Crippen molar-refractivity contribution in [3.05, 3.63) is 51.2 Å². The van der Waals surface area contributed by atoms with Crippen molar-refractivity contribution in [3.8, 4) is 0 Å². The highest BCUT2D eigenvalue weighted by Crippen LogP contribution is 2.41. The molecule has 1 atom stereocenters. The van der Waals surface area contributed by atoms with Gasteiger partial charge < -0.3 is 9.30 Å². The van der Waals surface area contributed by atoms with Crippen LogP contribution in [0.15, 0.2) is 34.5 Å². The molecule has 1 aliphatic carbocycles. The van der Waals surface area contributed by atoms with Crippen molar-refractivity contribution >= 4 is 17.1 Å². The molecule has 2 aliphatic rings. The van der Waals surface area contributed by atoms with Crippen molar-refractivity contribution in [1.29, 1.82) is 0 Å². The van der Waals surface area contributed by atoms with Gasteiger partial charge in [0.2, 0.25) is 5.78 Å². The Hall–Kier alpha value is -2.43. The lowest BCUT2D eigenvalue weighted by Crippen LogP contribution is -2.29. The fraction of sp³-hybridized carbons (Fsp3) is 0.500. The molecule has 27 heavy (non-hydrogen) atoms. The van der Waals surface area contributed by atoms with Gasteiger partial charge in [-0.1, -0.05) is 27.2 Å². The van der Waals surface area contributed by atoms with Crippen LogP contribution in [-0.2, 0) is 9.53 Å². The fourth-order valence-corrected chi connectivity index (χ4v) is 3.78. The normalized spacial score (nSPS) is 18.9. The molecule has 0 saturated heterocycles. The van der Waals surface area contributed by atoms with E-state index in [0.29, 0.717) is 18.3 Å². The standard InChI is InChI=1S/C22H27NO4/c1-5-6-7-27-22-9-15-8-18(13(2)3)23-12-17(14(4)24)20(25)11-19(23)16(15)10-21(22)26/h9,11-13,18H,5-8,10H2,1-4H3. The third-order valence-electron chi connectivity index (χ3n) is 5.38. The molecule has 0 aromatic carbocycles. The number of Topliss-reactive ketones (excluding diaryl/α,β-unsaturated/α-hetero) is 2. The second kappa shape index (κ2) is 7.67. The van der Waals surface area contributed by atoms with Gasteiger partial charge in [-0.3, -0.25) is 14.4 Å². The number of carbonyl (C=O) groups is 2. The molecule has 3 rings (SSSR count). The van der Waals surface area contributed by atoms with E-state index in [-0.39, 0.29) is 35.0 Å². The minimum absolute atomic E-state index is 0.0532. The molecule has 0 amide bonds. The molecular formula is C22H27NO4. The number of hydrogen-bond donors (Lipinski definition) is 0. The van der Waals surface area contributed by atoms with Crippen LogP contribution in [0.3, 0.4) is 0 Å². The molecule has 5 nitrogen and oxygen atoms in total. The predicted molar refractivity (Wildman–Crippen MR) is 105 cm³/mol. The molecule has 1 aliphatic heterocycles. The van der Waals surface area contributed by atoms with Crippen molar-refractivity contribution in [3.63, 3.8) is 0 Å². The Morgan fingerprint density at radius 1 is 1.33 bits per heavy atom. The zero-order valence-electron chi connectivity index (χ0n) is 16.5. The quantitative estimate of drug-likeness (QED) is 0.560. The summed E-state index contributed by atoms with van der Waals surface area (Å²) in [5, 5.41) is 0. The van der Waals surface area contributed by atoms with Gasteiger partial charge in [-0.15, -0.1) is 0 Å². The summed E-state index contributed by atoms with van der Waals surface area (Å²) in [5.41, 5.74) is 2.62. The molecule has 5 heteroatoms. The summed E-state index contributed by atoms with van der Waals surface area (Å²) in [6.45, 7) is 8.29. The molecule has 0 bridgehead atoms. The van der Waals surface area contributed by atoms with Gasteiger partial charge in [0.25, 0.3) is 0 Å². The van der Waals surface area contributed by atoms with E-state index in [1.807, 2.05) is 10.6 Å². The Morgan fingerprint density at radius 3 is 2.70 bits per heavy atom. The van der Waals surface area contributed by atoms with Gasteiger partial charge in [0.1, 0.15) is 0 Å². The number of carbonyl (C=O) groups excluding carboxylic acids is 2. The van der Waals surface area contributed by atoms with Gasteiger partial charge in [-0.25, -0.2) is 0 Å². The first-order chi connectivity index (χ1) is 12.8. The van der Waals surface area contributed by atoms with Gasteiger partial charge in [-0.2, -0.15) is 0 Å². The molecule has 2 heterocycles. The molecule has 1 aromatic heterocycles. The summed E-state index contributed by atoms with van der Waals surface area (Å²) in [7, 11) is 0. The molecule has 0 radical (unpaired) electrons. The highest BCUT2D eigenvalue weighted by atomic mass is 16.5. The van der Waals surface area contributed by atoms with Crippen molar-refractivity contribution < 1.29 is 14.3 Å². The average molecular weight is 369 g/mol. The third kappa shape index (κ3) is 3.68. The maximum Gasteiger partial charge on any atom is 0.201 e. The van der Waals surface area contributed by atoms with Crippen molar-refractivity contribution in [2.24, 2.45) is 5.92 Å². The summed E-state index contributed by atoms with van der Waals surface area (Å²) in [6.07, 6.45) is 6.46. The van der Waals surface area contributed by atoms with Crippen LogP contribution in [0, 0.1) is 5.92 Å². The number of ketones is 2. The van der Waals surface area contributed by atoms with Crippen LogP contribution in [0.4, 0.5) is 0 Å². The number of aromatic nitrogens is 1. The summed E-state index contributed by atoms with van der Waals surface area (Å²) in [5.74, 6) is 0.461. The highest BCUT2D eigenvalue weighted by Gasteiger charge is 2.33. The van der Waals surface area contributed by atoms with Crippen LogP contribution < -0.4 is 5.43 Å². The van der Waals surface area contributed by atoms with Crippen LogP contribution in [0.1, 0.15) is 75.5 Å². The number of ether oxygens (including phenoxy) is 1. The monoisotopic (exact) mass is 369 g/mol. The maximum atomic E-state index is 12.6. The molecule has 1 aromatic rings. The summed E-state index contributed by atoms with van der Waals surface area (Å²) in [6, 6.07) is 1.64. The van der Waals surface area contributed by atoms with E-state index < -0.39 is 0 Å². The van der Waals surface area contributed by atoms with Crippen molar-refractivity contribution in [1.82, 2.24) is 4.57 Å². The topological polar surface area (TPSA) is 65.4 Å². The smallest absolute Gasteiger partial charge is 0.201 e. The van der Waals surface area contributed by atoms with Crippen molar-refractivity contribution in [2.45, 2.75) is 59.4 Å². The Morgan fingerprint density at radius 2 is 2.07 bits per heavy atom. The maximum absolute atomic E-state index is 12.6. The predicted octanol–water partition coefficient (Wildman–Crippen LogP) is 4.08. The number of allylic oxidation sites excluding steroid dienone is 4. The zero-order valence-corrected chi connectivity index (χ0v) is 16.5. The van der Waals surface area contributed by atoms with E-state index >= 15 is 0 Å². The number of nitrogens with zero attached hydrogens (tertiary/aromatic N) is 1. The molecule has 0 fully saturated rings. The lowest BCUT2D eigenvalue weighted by molar-refractivity contribution is -0.118. The van der Waals surface area contributed by atoms with E-state index in [1.165, 1.54) is 13.0 Å². The Labute approximate surface area is 159 Å². The van der Waals surface area contributed by atoms with Gasteiger partial charge in [-0.05, 0) is 42.9 Å². The molecule has 0 saturated carbocycles. The number of fused-ring (bicyclic) bond motifs is 2. The van der Waals surface area contributed by atoms with Gasteiger partial charge >= 0.3 is 0 Å². The van der Waals surface area contributed by atoms with E-state index in [2.05, 4.69) is 20.8 Å². The SMILES string of the molecule is CCCCOC1=CC2=C(CC1=O)c1cc(=O)c(C(C)=O)cn1C(C(C)C)C2. The molecule has 1 unspecified atom stereocenters. The third-order valence-corrected chi connectivity index (χ3v) is 5.38. The lowest BCUT2D eigenvalue weighted by Gasteiger charge is -2.35. The number of rotatable bonds is 6.